The number of hydrogen-bond donors (Lipinski definition) is 0. The molecule has 1 aromatic carbocycles. The van der Waals surface area contributed by atoms with Crippen molar-refractivity contribution in [3.05, 3.63) is 41.3 Å². The van der Waals surface area contributed by atoms with E-state index >= 15 is 0 Å². The van der Waals surface area contributed by atoms with Gasteiger partial charge in [-0.05, 0) is 24.6 Å². The summed E-state index contributed by atoms with van der Waals surface area (Å²) in [5.41, 5.74) is 1.06. The lowest BCUT2D eigenvalue weighted by Gasteiger charge is -2.07. The molecule has 67 valence electrons. The Bertz CT molecular complexity index is 343. The molecular formula is C10H8ClFN. The van der Waals surface area contributed by atoms with Gasteiger partial charge < -0.3 is 0 Å². The maximum absolute atomic E-state index is 12.2. The molecule has 13 heavy (non-hydrogen) atoms. The van der Waals surface area contributed by atoms with Crippen molar-refractivity contribution in [1.82, 2.24) is 0 Å². The third-order valence-electron chi connectivity index (χ3n) is 1.77. The highest BCUT2D eigenvalue weighted by atomic mass is 35.5. The molecule has 0 heterocycles. The van der Waals surface area contributed by atoms with Gasteiger partial charge in [-0.25, -0.2) is 0 Å². The molecule has 0 spiro atoms. The van der Waals surface area contributed by atoms with Gasteiger partial charge in [0.1, 0.15) is 6.07 Å². The summed E-state index contributed by atoms with van der Waals surface area (Å²) >= 11 is 5.71. The smallest absolute Gasteiger partial charge is 0.101 e. The van der Waals surface area contributed by atoms with Crippen LogP contribution in [0.1, 0.15) is 17.0 Å². The molecule has 1 unspecified atom stereocenters. The van der Waals surface area contributed by atoms with Gasteiger partial charge in [0.25, 0.3) is 0 Å². The summed E-state index contributed by atoms with van der Waals surface area (Å²) in [5, 5.41) is 9.04. The Morgan fingerprint density at radius 2 is 2.31 bits per heavy atom. The van der Waals surface area contributed by atoms with Gasteiger partial charge in [0.05, 0.1) is 17.3 Å². The summed E-state index contributed by atoms with van der Waals surface area (Å²) in [6.45, 7) is 3.07. The fourth-order valence-corrected chi connectivity index (χ4v) is 1.13. The topological polar surface area (TPSA) is 23.8 Å². The number of halogens is 2. The first kappa shape index (κ1) is 10.0. The van der Waals surface area contributed by atoms with Crippen LogP contribution in [0.4, 0.5) is 4.39 Å². The first-order valence-corrected chi connectivity index (χ1v) is 4.15. The number of nitriles is 1. The molecule has 1 nitrogen and oxygen atoms in total. The molecule has 1 rings (SSSR count). The third kappa shape index (κ3) is 2.19. The van der Waals surface area contributed by atoms with Crippen molar-refractivity contribution in [3.63, 3.8) is 0 Å². The number of alkyl halides is 1. The summed E-state index contributed by atoms with van der Waals surface area (Å²) in [4.78, 5) is 0. The van der Waals surface area contributed by atoms with Crippen LogP contribution >= 0.6 is 11.6 Å². The Hall–Kier alpha value is -1.07. The van der Waals surface area contributed by atoms with Gasteiger partial charge in [-0.2, -0.15) is 5.26 Å². The minimum atomic E-state index is -0.535. The Kier molecular flexibility index (Phi) is 3.27. The molecular weight excluding hydrogens is 189 g/mol. The Balaban J connectivity index is 3.08. The maximum Gasteiger partial charge on any atom is 0.101 e. The predicted molar refractivity (Wildman–Crippen MR) is 50.2 cm³/mol. The molecule has 0 fully saturated rings. The van der Waals surface area contributed by atoms with Crippen molar-refractivity contribution in [2.45, 2.75) is 5.92 Å². The van der Waals surface area contributed by atoms with Crippen LogP contribution in [0.2, 0.25) is 5.02 Å². The highest BCUT2D eigenvalue weighted by molar-refractivity contribution is 6.31. The molecule has 0 amide bonds. The fourth-order valence-electron chi connectivity index (χ4n) is 0.972. The first-order valence-electron chi connectivity index (χ1n) is 3.77. The zero-order valence-corrected chi connectivity index (χ0v) is 7.68. The maximum atomic E-state index is 12.2. The monoisotopic (exact) mass is 196 g/mol. The van der Waals surface area contributed by atoms with Crippen LogP contribution in [-0.4, -0.2) is 6.67 Å². The van der Waals surface area contributed by atoms with Gasteiger partial charge >= 0.3 is 0 Å². The SMILES string of the molecule is [CH2]C(CF)c1ccc(Cl)c(C#N)c1. The first-order chi connectivity index (χ1) is 6.19. The Morgan fingerprint density at radius 1 is 1.62 bits per heavy atom. The van der Waals surface area contributed by atoms with E-state index in [0.717, 1.165) is 0 Å². The number of hydrogen-bond acceptors (Lipinski definition) is 1. The summed E-state index contributed by atoms with van der Waals surface area (Å²) in [7, 11) is 0. The van der Waals surface area contributed by atoms with E-state index in [1.807, 2.05) is 6.07 Å². The molecule has 0 aliphatic heterocycles. The summed E-state index contributed by atoms with van der Waals surface area (Å²) < 4.78 is 12.2. The molecule has 0 bridgehead atoms. The van der Waals surface area contributed by atoms with Gasteiger partial charge in [0.15, 0.2) is 0 Å². The summed E-state index contributed by atoms with van der Waals surface area (Å²) in [5.74, 6) is -0.427. The lowest BCUT2D eigenvalue weighted by atomic mass is 10.0. The van der Waals surface area contributed by atoms with Crippen molar-refractivity contribution in [2.24, 2.45) is 0 Å². The largest absolute Gasteiger partial charge is 0.250 e. The van der Waals surface area contributed by atoms with Crippen LogP contribution in [-0.2, 0) is 0 Å². The predicted octanol–water partition coefficient (Wildman–Crippen LogP) is 3.10. The second-order valence-corrected chi connectivity index (χ2v) is 3.11. The van der Waals surface area contributed by atoms with Gasteiger partial charge in [-0.1, -0.05) is 17.7 Å². The lowest BCUT2D eigenvalue weighted by molar-refractivity contribution is 0.465. The zero-order valence-electron chi connectivity index (χ0n) is 6.93. The van der Waals surface area contributed by atoms with Crippen molar-refractivity contribution in [1.29, 1.82) is 5.26 Å². The van der Waals surface area contributed by atoms with Crippen molar-refractivity contribution < 1.29 is 4.39 Å². The highest BCUT2D eigenvalue weighted by Gasteiger charge is 2.07. The normalized spacial score (nSPS) is 12.2. The van der Waals surface area contributed by atoms with E-state index in [2.05, 4.69) is 6.92 Å². The minimum Gasteiger partial charge on any atom is -0.250 e. The molecule has 0 saturated carbocycles. The molecule has 1 atom stereocenters. The van der Waals surface area contributed by atoms with Crippen LogP contribution in [0.5, 0.6) is 0 Å². The van der Waals surface area contributed by atoms with E-state index in [0.29, 0.717) is 16.1 Å². The van der Waals surface area contributed by atoms with Crippen LogP contribution in [0.15, 0.2) is 18.2 Å². The van der Waals surface area contributed by atoms with Crippen molar-refractivity contribution in [3.8, 4) is 6.07 Å². The quantitative estimate of drug-likeness (QED) is 0.713. The van der Waals surface area contributed by atoms with E-state index < -0.39 is 12.6 Å². The van der Waals surface area contributed by atoms with Crippen LogP contribution in [0.25, 0.3) is 0 Å². The molecule has 0 aromatic heterocycles. The van der Waals surface area contributed by atoms with E-state index in [4.69, 9.17) is 16.9 Å². The van der Waals surface area contributed by atoms with Crippen LogP contribution in [0, 0.1) is 18.3 Å². The molecule has 0 N–H and O–H groups in total. The second-order valence-electron chi connectivity index (χ2n) is 2.70. The molecule has 3 heteroatoms. The highest BCUT2D eigenvalue weighted by Crippen LogP contribution is 2.21. The summed E-state index contributed by atoms with van der Waals surface area (Å²) in [6.07, 6.45) is 0. The minimum absolute atomic E-state index is 0.362. The van der Waals surface area contributed by atoms with E-state index in [-0.39, 0.29) is 0 Å². The lowest BCUT2D eigenvalue weighted by Crippen LogP contribution is -1.96. The number of rotatable bonds is 2. The van der Waals surface area contributed by atoms with Gasteiger partial charge in [0.2, 0.25) is 0 Å². The van der Waals surface area contributed by atoms with Crippen LogP contribution in [0.3, 0.4) is 0 Å². The molecule has 0 aliphatic rings. The summed E-state index contributed by atoms with van der Waals surface area (Å²) in [6, 6.07) is 6.77. The van der Waals surface area contributed by atoms with Gasteiger partial charge in [0, 0.05) is 5.92 Å². The molecule has 1 aromatic rings. The third-order valence-corrected chi connectivity index (χ3v) is 2.10. The average Bonchev–Trinajstić information content (AvgIpc) is 2.17. The Labute approximate surface area is 81.8 Å². The Morgan fingerprint density at radius 3 is 2.85 bits per heavy atom. The fraction of sp³-hybridized carbons (Fsp3) is 0.200. The van der Waals surface area contributed by atoms with E-state index in [1.54, 1.807) is 18.2 Å². The standard InChI is InChI=1S/C10H8ClFN/c1-7(5-12)8-2-3-10(11)9(4-8)6-13/h2-4,7H,1,5H2. The zero-order chi connectivity index (χ0) is 9.84. The number of benzene rings is 1. The van der Waals surface area contributed by atoms with Gasteiger partial charge in [-0.3, -0.25) is 4.39 Å². The molecule has 1 radical (unpaired) electrons. The van der Waals surface area contributed by atoms with E-state index in [9.17, 15) is 4.39 Å². The van der Waals surface area contributed by atoms with Crippen LogP contribution < -0.4 is 0 Å². The number of nitrogens with zero attached hydrogens (tertiary/aromatic N) is 1. The van der Waals surface area contributed by atoms with Gasteiger partial charge in [-0.15, -0.1) is 0 Å². The van der Waals surface area contributed by atoms with E-state index in [1.165, 1.54) is 0 Å². The van der Waals surface area contributed by atoms with Crippen molar-refractivity contribution >= 4 is 11.6 Å². The second kappa shape index (κ2) is 4.25. The van der Waals surface area contributed by atoms with Crippen molar-refractivity contribution in [2.75, 3.05) is 6.67 Å². The molecule has 0 saturated heterocycles. The average molecular weight is 197 g/mol. The molecule has 0 aliphatic carbocycles.